The highest BCUT2D eigenvalue weighted by Gasteiger charge is 2.36. The summed E-state index contributed by atoms with van der Waals surface area (Å²) in [5, 5.41) is 0. The molecule has 1 heterocycles. The maximum Gasteiger partial charge on any atom is 0.270 e. The molecule has 0 bridgehead atoms. The van der Waals surface area contributed by atoms with Crippen molar-refractivity contribution in [2.24, 2.45) is 0 Å². The number of para-hydroxylation sites is 1. The lowest BCUT2D eigenvalue weighted by atomic mass is 10.1. The summed E-state index contributed by atoms with van der Waals surface area (Å²) >= 11 is 0. The summed E-state index contributed by atoms with van der Waals surface area (Å²) in [6.07, 6.45) is -0.367. The molecule has 1 aliphatic heterocycles. The van der Waals surface area contributed by atoms with E-state index in [4.69, 9.17) is 4.74 Å². The Bertz CT molecular complexity index is 826. The third-order valence-corrected chi connectivity index (χ3v) is 4.22. The lowest BCUT2D eigenvalue weighted by molar-refractivity contribution is -0.135. The molecule has 0 saturated heterocycles. The van der Waals surface area contributed by atoms with E-state index >= 15 is 0 Å². The molecule has 0 aliphatic carbocycles. The first-order chi connectivity index (χ1) is 12.0. The average molecular weight is 337 g/mol. The number of rotatable bonds is 4. The standard InChI is InChI=1S/C20H19NO4/c1-3-17-20(24)21(12-16(22)14-10-8-13(2)9-11-14)19(23)15-6-4-5-7-18(15)25-17/h4-11,17H,3,12H2,1-2H3. The minimum atomic E-state index is -0.779. The summed E-state index contributed by atoms with van der Waals surface area (Å²) in [5.74, 6) is -0.893. The molecule has 2 amide bonds. The first-order valence-electron chi connectivity index (χ1n) is 8.22. The molecule has 0 saturated carbocycles. The van der Waals surface area contributed by atoms with Crippen molar-refractivity contribution in [2.75, 3.05) is 6.54 Å². The Balaban J connectivity index is 1.93. The van der Waals surface area contributed by atoms with Crippen LogP contribution in [0.5, 0.6) is 5.75 Å². The van der Waals surface area contributed by atoms with Gasteiger partial charge in [-0.2, -0.15) is 0 Å². The van der Waals surface area contributed by atoms with E-state index in [9.17, 15) is 14.4 Å². The molecule has 25 heavy (non-hydrogen) atoms. The number of imide groups is 1. The molecule has 1 atom stereocenters. The van der Waals surface area contributed by atoms with Crippen molar-refractivity contribution < 1.29 is 19.1 Å². The molecule has 128 valence electrons. The molecule has 0 spiro atoms. The predicted octanol–water partition coefficient (Wildman–Crippen LogP) is 3.02. The van der Waals surface area contributed by atoms with E-state index in [1.165, 1.54) is 0 Å². The highest BCUT2D eigenvalue weighted by atomic mass is 16.5. The van der Waals surface area contributed by atoms with Crippen LogP contribution in [0.2, 0.25) is 0 Å². The molecule has 5 nitrogen and oxygen atoms in total. The maximum absolute atomic E-state index is 12.8. The molecule has 0 aromatic heterocycles. The van der Waals surface area contributed by atoms with Crippen LogP contribution in [-0.2, 0) is 4.79 Å². The summed E-state index contributed by atoms with van der Waals surface area (Å²) in [4.78, 5) is 39.1. The molecule has 0 fully saturated rings. The van der Waals surface area contributed by atoms with E-state index in [0.29, 0.717) is 23.3 Å². The van der Waals surface area contributed by atoms with Crippen molar-refractivity contribution in [3.05, 3.63) is 65.2 Å². The van der Waals surface area contributed by atoms with Crippen molar-refractivity contribution in [3.8, 4) is 5.75 Å². The van der Waals surface area contributed by atoms with Gasteiger partial charge in [0.25, 0.3) is 11.8 Å². The fraction of sp³-hybridized carbons (Fsp3) is 0.250. The zero-order valence-electron chi connectivity index (χ0n) is 14.2. The normalized spacial score (nSPS) is 16.9. The van der Waals surface area contributed by atoms with Crippen LogP contribution in [0.4, 0.5) is 0 Å². The number of carbonyl (C=O) groups is 3. The van der Waals surface area contributed by atoms with Crippen LogP contribution in [0.25, 0.3) is 0 Å². The summed E-state index contributed by atoms with van der Waals surface area (Å²) in [7, 11) is 0. The van der Waals surface area contributed by atoms with Gasteiger partial charge in [0.1, 0.15) is 5.75 Å². The second-order valence-corrected chi connectivity index (χ2v) is 6.03. The monoisotopic (exact) mass is 337 g/mol. The number of ether oxygens (including phenoxy) is 1. The molecule has 0 radical (unpaired) electrons. The van der Waals surface area contributed by atoms with Gasteiger partial charge in [0.05, 0.1) is 12.1 Å². The number of benzene rings is 2. The summed E-state index contributed by atoms with van der Waals surface area (Å²) in [6, 6.07) is 13.8. The number of aryl methyl sites for hydroxylation is 1. The zero-order valence-corrected chi connectivity index (χ0v) is 14.2. The fourth-order valence-electron chi connectivity index (χ4n) is 2.75. The van der Waals surface area contributed by atoms with Gasteiger partial charge < -0.3 is 4.74 Å². The van der Waals surface area contributed by atoms with Gasteiger partial charge in [-0.25, -0.2) is 0 Å². The molecule has 1 unspecified atom stereocenters. The number of fused-ring (bicyclic) bond motifs is 1. The van der Waals surface area contributed by atoms with Crippen molar-refractivity contribution in [3.63, 3.8) is 0 Å². The van der Waals surface area contributed by atoms with Crippen LogP contribution in [0.1, 0.15) is 39.6 Å². The van der Waals surface area contributed by atoms with Crippen molar-refractivity contribution in [1.82, 2.24) is 4.90 Å². The molecular formula is C20H19NO4. The molecule has 2 aromatic rings. The zero-order chi connectivity index (χ0) is 18.0. The van der Waals surface area contributed by atoms with Crippen molar-refractivity contribution in [1.29, 1.82) is 0 Å². The second-order valence-electron chi connectivity index (χ2n) is 6.03. The van der Waals surface area contributed by atoms with E-state index in [1.807, 2.05) is 19.1 Å². The van der Waals surface area contributed by atoms with Crippen molar-refractivity contribution in [2.45, 2.75) is 26.4 Å². The summed E-state index contributed by atoms with van der Waals surface area (Å²) in [6.45, 7) is 3.44. The molecule has 3 rings (SSSR count). The van der Waals surface area contributed by atoms with Crippen LogP contribution < -0.4 is 4.74 Å². The van der Waals surface area contributed by atoms with E-state index < -0.39 is 17.9 Å². The van der Waals surface area contributed by atoms with Crippen LogP contribution in [-0.4, -0.2) is 35.1 Å². The average Bonchev–Trinajstić information content (AvgIpc) is 2.72. The molecule has 1 aliphatic rings. The van der Waals surface area contributed by atoms with Crippen LogP contribution in [0.3, 0.4) is 0 Å². The first-order valence-corrected chi connectivity index (χ1v) is 8.22. The lowest BCUT2D eigenvalue weighted by Gasteiger charge is -2.21. The van der Waals surface area contributed by atoms with Gasteiger partial charge in [-0.05, 0) is 25.5 Å². The van der Waals surface area contributed by atoms with Gasteiger partial charge in [0, 0.05) is 5.56 Å². The fourth-order valence-corrected chi connectivity index (χ4v) is 2.75. The number of amides is 2. The number of nitrogens with zero attached hydrogens (tertiary/aromatic N) is 1. The number of hydrogen-bond acceptors (Lipinski definition) is 4. The Kier molecular flexibility index (Phi) is 4.65. The highest BCUT2D eigenvalue weighted by Crippen LogP contribution is 2.26. The van der Waals surface area contributed by atoms with Gasteiger partial charge >= 0.3 is 0 Å². The Hall–Kier alpha value is -2.95. The van der Waals surface area contributed by atoms with Gasteiger partial charge in [-0.15, -0.1) is 0 Å². The van der Waals surface area contributed by atoms with Gasteiger partial charge in [0.2, 0.25) is 0 Å². The Morgan fingerprint density at radius 3 is 2.44 bits per heavy atom. The van der Waals surface area contributed by atoms with E-state index in [0.717, 1.165) is 10.5 Å². The maximum atomic E-state index is 12.8. The van der Waals surface area contributed by atoms with E-state index in [2.05, 4.69) is 0 Å². The molecule has 0 N–H and O–H groups in total. The van der Waals surface area contributed by atoms with Gasteiger partial charge in [-0.3, -0.25) is 19.3 Å². The van der Waals surface area contributed by atoms with Crippen LogP contribution in [0.15, 0.2) is 48.5 Å². The van der Waals surface area contributed by atoms with Crippen LogP contribution >= 0.6 is 0 Å². The number of ketones is 1. The number of Topliss-reactive ketones (excluding diaryl/α,β-unsaturated/α-hetero) is 1. The molecule has 5 heteroatoms. The van der Waals surface area contributed by atoms with Crippen molar-refractivity contribution >= 4 is 17.6 Å². The van der Waals surface area contributed by atoms with E-state index in [1.54, 1.807) is 43.3 Å². The van der Waals surface area contributed by atoms with E-state index in [-0.39, 0.29) is 12.3 Å². The van der Waals surface area contributed by atoms with Gasteiger partial charge in [0.15, 0.2) is 11.9 Å². The SMILES string of the molecule is CCC1Oc2ccccc2C(=O)N(CC(=O)c2ccc(C)cc2)C1=O. The highest BCUT2D eigenvalue weighted by molar-refractivity contribution is 6.12. The molecular weight excluding hydrogens is 318 g/mol. The third-order valence-electron chi connectivity index (χ3n) is 4.22. The Labute approximate surface area is 146 Å². The predicted molar refractivity (Wildman–Crippen MR) is 92.7 cm³/mol. The Morgan fingerprint density at radius 1 is 1.08 bits per heavy atom. The summed E-state index contributed by atoms with van der Waals surface area (Å²) < 4.78 is 5.70. The number of carbonyl (C=O) groups excluding carboxylic acids is 3. The second kappa shape index (κ2) is 6.89. The lowest BCUT2D eigenvalue weighted by Crippen LogP contribution is -2.45. The summed E-state index contributed by atoms with van der Waals surface area (Å²) in [5.41, 5.74) is 1.80. The molecule has 2 aromatic carbocycles. The minimum Gasteiger partial charge on any atom is -0.480 e. The quantitative estimate of drug-likeness (QED) is 0.635. The topological polar surface area (TPSA) is 63.7 Å². The largest absolute Gasteiger partial charge is 0.480 e. The smallest absolute Gasteiger partial charge is 0.270 e. The first kappa shape index (κ1) is 16.9. The Morgan fingerprint density at radius 2 is 1.76 bits per heavy atom. The minimum absolute atomic E-state index is 0.282. The third kappa shape index (κ3) is 3.31. The van der Waals surface area contributed by atoms with Gasteiger partial charge in [-0.1, -0.05) is 48.9 Å². The number of hydrogen-bond donors (Lipinski definition) is 0. The van der Waals surface area contributed by atoms with Crippen LogP contribution in [0, 0.1) is 6.92 Å².